The summed E-state index contributed by atoms with van der Waals surface area (Å²) >= 11 is 0. The zero-order valence-electron chi connectivity index (χ0n) is 13.4. The van der Waals surface area contributed by atoms with E-state index >= 15 is 0 Å². The lowest BCUT2D eigenvalue weighted by Crippen LogP contribution is -2.44. The molecular formula is C20H21N3. The maximum absolute atomic E-state index is 4.84. The van der Waals surface area contributed by atoms with E-state index in [1.54, 1.807) is 0 Å². The van der Waals surface area contributed by atoms with Crippen LogP contribution in [-0.2, 0) is 0 Å². The third-order valence-corrected chi connectivity index (χ3v) is 4.66. The topological polar surface area (TPSA) is 19.4 Å². The highest BCUT2D eigenvalue weighted by Gasteiger charge is 2.18. The van der Waals surface area contributed by atoms with Crippen LogP contribution in [0.1, 0.15) is 0 Å². The zero-order chi connectivity index (χ0) is 15.6. The fraction of sp³-hybridized carbons (Fsp3) is 0.250. The van der Waals surface area contributed by atoms with E-state index in [0.29, 0.717) is 0 Å². The van der Waals surface area contributed by atoms with E-state index in [0.717, 1.165) is 32.0 Å². The molecule has 3 nitrogen and oxygen atoms in total. The van der Waals surface area contributed by atoms with Crippen LogP contribution >= 0.6 is 0 Å². The summed E-state index contributed by atoms with van der Waals surface area (Å²) in [6.45, 7) is 4.27. The first-order valence-corrected chi connectivity index (χ1v) is 8.19. The van der Waals surface area contributed by atoms with Gasteiger partial charge >= 0.3 is 0 Å². The van der Waals surface area contributed by atoms with Gasteiger partial charge in [-0.05, 0) is 18.0 Å². The van der Waals surface area contributed by atoms with Gasteiger partial charge in [0.2, 0.25) is 0 Å². The Balaban J connectivity index is 1.83. The molecular weight excluding hydrogens is 282 g/mol. The van der Waals surface area contributed by atoms with Crippen LogP contribution in [-0.4, -0.2) is 43.1 Å². The molecule has 0 amide bonds. The van der Waals surface area contributed by atoms with Crippen molar-refractivity contribution in [2.75, 3.05) is 38.1 Å². The van der Waals surface area contributed by atoms with Gasteiger partial charge in [-0.2, -0.15) is 0 Å². The number of benzene rings is 2. The second-order valence-corrected chi connectivity index (χ2v) is 6.20. The molecule has 0 N–H and O–H groups in total. The summed E-state index contributed by atoms with van der Waals surface area (Å²) in [6.07, 6.45) is 2.03. The van der Waals surface area contributed by atoms with Crippen molar-refractivity contribution in [2.45, 2.75) is 0 Å². The number of nitrogens with zero attached hydrogens (tertiary/aromatic N) is 3. The quantitative estimate of drug-likeness (QED) is 0.720. The molecule has 1 fully saturated rings. The molecule has 3 heteroatoms. The molecule has 23 heavy (non-hydrogen) atoms. The molecule has 0 atom stereocenters. The van der Waals surface area contributed by atoms with Gasteiger partial charge in [-0.25, -0.2) is 4.98 Å². The molecule has 1 aromatic heterocycles. The summed E-state index contributed by atoms with van der Waals surface area (Å²) in [6, 6.07) is 19.1. The zero-order valence-corrected chi connectivity index (χ0v) is 13.4. The van der Waals surface area contributed by atoms with Gasteiger partial charge in [0.15, 0.2) is 0 Å². The van der Waals surface area contributed by atoms with Crippen LogP contribution in [0.4, 0.5) is 5.82 Å². The van der Waals surface area contributed by atoms with Gasteiger partial charge in [0.25, 0.3) is 0 Å². The van der Waals surface area contributed by atoms with Crippen molar-refractivity contribution in [3.8, 4) is 11.1 Å². The SMILES string of the molecule is CN1CCN(c2ncc(-c3ccccc3)c3ccccc23)CC1. The van der Waals surface area contributed by atoms with E-state index in [9.17, 15) is 0 Å². The highest BCUT2D eigenvalue weighted by atomic mass is 15.3. The third-order valence-electron chi connectivity index (χ3n) is 4.66. The van der Waals surface area contributed by atoms with Crippen LogP contribution in [0, 0.1) is 0 Å². The van der Waals surface area contributed by atoms with Gasteiger partial charge in [0, 0.05) is 43.3 Å². The van der Waals surface area contributed by atoms with Crippen LogP contribution in [0.3, 0.4) is 0 Å². The van der Waals surface area contributed by atoms with E-state index in [1.807, 2.05) is 6.20 Å². The lowest BCUT2D eigenvalue weighted by Gasteiger charge is -2.34. The number of hydrogen-bond donors (Lipinski definition) is 0. The Morgan fingerprint density at radius 1 is 0.783 bits per heavy atom. The second-order valence-electron chi connectivity index (χ2n) is 6.20. The van der Waals surface area contributed by atoms with Gasteiger partial charge in [-0.1, -0.05) is 54.6 Å². The summed E-state index contributed by atoms with van der Waals surface area (Å²) in [7, 11) is 2.18. The number of fused-ring (bicyclic) bond motifs is 1. The van der Waals surface area contributed by atoms with Crippen molar-refractivity contribution in [3.63, 3.8) is 0 Å². The Kier molecular flexibility index (Phi) is 3.72. The Hall–Kier alpha value is -2.39. The summed E-state index contributed by atoms with van der Waals surface area (Å²) < 4.78 is 0. The summed E-state index contributed by atoms with van der Waals surface area (Å²) in [5.74, 6) is 1.12. The van der Waals surface area contributed by atoms with Crippen molar-refractivity contribution in [3.05, 3.63) is 60.8 Å². The Morgan fingerprint density at radius 2 is 1.43 bits per heavy atom. The van der Waals surface area contributed by atoms with Crippen molar-refractivity contribution in [1.29, 1.82) is 0 Å². The standard InChI is InChI=1S/C20H21N3/c1-22-11-13-23(14-12-22)20-18-10-6-5-9-17(18)19(15-21-20)16-7-3-2-4-8-16/h2-10,15H,11-14H2,1H3. The molecule has 0 aliphatic carbocycles. The minimum Gasteiger partial charge on any atom is -0.354 e. The first-order valence-electron chi connectivity index (χ1n) is 8.19. The number of rotatable bonds is 2. The minimum absolute atomic E-state index is 1.04. The Labute approximate surface area is 137 Å². The summed E-state index contributed by atoms with van der Waals surface area (Å²) in [4.78, 5) is 9.63. The lowest BCUT2D eigenvalue weighted by molar-refractivity contribution is 0.312. The molecule has 0 bridgehead atoms. The van der Waals surface area contributed by atoms with Gasteiger partial charge in [-0.3, -0.25) is 0 Å². The van der Waals surface area contributed by atoms with Crippen molar-refractivity contribution < 1.29 is 0 Å². The van der Waals surface area contributed by atoms with Gasteiger partial charge in [0.05, 0.1) is 0 Å². The van der Waals surface area contributed by atoms with Crippen molar-refractivity contribution in [1.82, 2.24) is 9.88 Å². The fourth-order valence-electron chi connectivity index (χ4n) is 3.30. The van der Waals surface area contributed by atoms with E-state index in [4.69, 9.17) is 4.98 Å². The number of aromatic nitrogens is 1. The molecule has 1 saturated heterocycles. The predicted molar refractivity (Wildman–Crippen MR) is 96.9 cm³/mol. The monoisotopic (exact) mass is 303 g/mol. The molecule has 3 aromatic rings. The predicted octanol–water partition coefficient (Wildman–Crippen LogP) is 3.65. The largest absolute Gasteiger partial charge is 0.354 e. The van der Waals surface area contributed by atoms with E-state index in [-0.39, 0.29) is 0 Å². The van der Waals surface area contributed by atoms with E-state index in [1.165, 1.54) is 21.9 Å². The third kappa shape index (κ3) is 2.68. The van der Waals surface area contributed by atoms with Crippen molar-refractivity contribution >= 4 is 16.6 Å². The maximum Gasteiger partial charge on any atom is 0.136 e. The number of hydrogen-bond acceptors (Lipinski definition) is 3. The lowest BCUT2D eigenvalue weighted by atomic mass is 10.0. The van der Waals surface area contributed by atoms with Crippen LogP contribution in [0.2, 0.25) is 0 Å². The van der Waals surface area contributed by atoms with Gasteiger partial charge in [0.1, 0.15) is 5.82 Å². The minimum atomic E-state index is 1.04. The molecule has 2 heterocycles. The number of likely N-dealkylation sites (N-methyl/N-ethyl adjacent to an activating group) is 1. The average Bonchev–Trinajstić information content (AvgIpc) is 2.62. The first-order chi connectivity index (χ1) is 11.3. The Morgan fingerprint density at radius 3 is 2.17 bits per heavy atom. The number of piperazine rings is 1. The molecule has 0 spiro atoms. The van der Waals surface area contributed by atoms with Crippen LogP contribution in [0.15, 0.2) is 60.8 Å². The van der Waals surface area contributed by atoms with Crippen LogP contribution in [0.25, 0.3) is 21.9 Å². The smallest absolute Gasteiger partial charge is 0.136 e. The molecule has 116 valence electrons. The first kappa shape index (κ1) is 14.2. The fourth-order valence-corrected chi connectivity index (χ4v) is 3.30. The normalized spacial score (nSPS) is 16.0. The Bertz CT molecular complexity index is 805. The summed E-state index contributed by atoms with van der Waals surface area (Å²) in [5.41, 5.74) is 2.43. The molecule has 0 unspecified atom stereocenters. The molecule has 4 rings (SSSR count). The van der Waals surface area contributed by atoms with Crippen LogP contribution in [0.5, 0.6) is 0 Å². The molecule has 0 radical (unpaired) electrons. The molecule has 2 aromatic carbocycles. The van der Waals surface area contributed by atoms with E-state index in [2.05, 4.69) is 71.4 Å². The highest BCUT2D eigenvalue weighted by Crippen LogP contribution is 2.33. The average molecular weight is 303 g/mol. The molecule has 1 aliphatic rings. The van der Waals surface area contributed by atoms with Crippen LogP contribution < -0.4 is 4.90 Å². The van der Waals surface area contributed by atoms with Crippen molar-refractivity contribution in [2.24, 2.45) is 0 Å². The second kappa shape index (κ2) is 6.01. The number of anilines is 1. The molecule has 1 aliphatic heterocycles. The molecule has 0 saturated carbocycles. The van der Waals surface area contributed by atoms with Gasteiger partial charge in [-0.15, -0.1) is 0 Å². The van der Waals surface area contributed by atoms with E-state index < -0.39 is 0 Å². The maximum atomic E-state index is 4.84. The number of pyridine rings is 1. The highest BCUT2D eigenvalue weighted by molar-refractivity contribution is 6.01. The summed E-state index contributed by atoms with van der Waals surface area (Å²) in [5, 5.41) is 2.53. The van der Waals surface area contributed by atoms with Gasteiger partial charge < -0.3 is 9.80 Å².